The van der Waals surface area contributed by atoms with Crippen LogP contribution >= 0.6 is 0 Å². The first-order valence-electron chi connectivity index (χ1n) is 10.5. The van der Waals surface area contributed by atoms with Gasteiger partial charge in [0, 0.05) is 24.4 Å². The molecule has 10 heteroatoms. The zero-order valence-electron chi connectivity index (χ0n) is 17.4. The lowest BCUT2D eigenvalue weighted by Gasteiger charge is -2.28. The molecule has 2 aromatic heterocycles. The van der Waals surface area contributed by atoms with Crippen LogP contribution < -0.4 is 16.0 Å². The number of aromatic nitrogens is 2. The Balaban J connectivity index is 1.20. The summed E-state index contributed by atoms with van der Waals surface area (Å²) >= 11 is 0. The van der Waals surface area contributed by atoms with E-state index in [9.17, 15) is 19.2 Å². The third-order valence-corrected chi connectivity index (χ3v) is 5.81. The predicted octanol–water partition coefficient (Wildman–Crippen LogP) is 0.486. The normalized spacial score (nSPS) is 21.3. The van der Waals surface area contributed by atoms with Gasteiger partial charge in [0.15, 0.2) is 0 Å². The molecule has 164 valence electrons. The van der Waals surface area contributed by atoms with E-state index < -0.39 is 11.9 Å². The van der Waals surface area contributed by atoms with Crippen LogP contribution in [0.3, 0.4) is 0 Å². The minimum atomic E-state index is -0.540. The number of nitrogens with zero attached hydrogens (tertiary/aromatic N) is 3. The molecule has 2 fully saturated rings. The van der Waals surface area contributed by atoms with Crippen LogP contribution in [0.1, 0.15) is 36.9 Å². The summed E-state index contributed by atoms with van der Waals surface area (Å²) in [6, 6.07) is 3.40. The van der Waals surface area contributed by atoms with E-state index in [1.807, 2.05) is 35.9 Å². The highest BCUT2D eigenvalue weighted by Gasteiger charge is 2.32. The molecule has 0 aromatic carbocycles. The van der Waals surface area contributed by atoms with Crippen molar-refractivity contribution in [3.05, 3.63) is 35.8 Å². The highest BCUT2D eigenvalue weighted by atomic mass is 16.2. The number of imidazole rings is 1. The number of hydrogen-bond donors (Lipinski definition) is 3. The van der Waals surface area contributed by atoms with Gasteiger partial charge in [-0.25, -0.2) is 9.78 Å². The summed E-state index contributed by atoms with van der Waals surface area (Å²) in [5.74, 6) is -0.864. The van der Waals surface area contributed by atoms with Gasteiger partial charge in [-0.15, -0.1) is 0 Å². The van der Waals surface area contributed by atoms with Crippen molar-refractivity contribution in [2.45, 2.75) is 45.2 Å². The molecule has 0 unspecified atom stereocenters. The Morgan fingerprint density at radius 1 is 1.23 bits per heavy atom. The predicted molar refractivity (Wildman–Crippen MR) is 111 cm³/mol. The number of urea groups is 1. The average Bonchev–Trinajstić information content (AvgIpc) is 3.29. The number of pyridine rings is 1. The minimum absolute atomic E-state index is 0.00246. The molecule has 0 bridgehead atoms. The first-order valence-corrected chi connectivity index (χ1v) is 10.5. The fourth-order valence-electron chi connectivity index (χ4n) is 4.08. The quantitative estimate of drug-likeness (QED) is 0.580. The van der Waals surface area contributed by atoms with Gasteiger partial charge in [0.1, 0.15) is 12.2 Å². The fourth-order valence-corrected chi connectivity index (χ4v) is 4.08. The molecule has 4 rings (SSSR count). The van der Waals surface area contributed by atoms with Crippen molar-refractivity contribution < 1.29 is 19.2 Å². The number of aryl methyl sites for hydroxylation is 1. The number of rotatable bonds is 6. The number of fused-ring (bicyclic) bond motifs is 1. The van der Waals surface area contributed by atoms with Gasteiger partial charge in [-0.1, -0.05) is 0 Å². The second-order valence-corrected chi connectivity index (χ2v) is 8.17. The summed E-state index contributed by atoms with van der Waals surface area (Å²) < 4.78 is 1.93. The smallest absolute Gasteiger partial charge is 0.325 e. The summed E-state index contributed by atoms with van der Waals surface area (Å²) in [5, 5.41) is 8.22. The molecule has 0 radical (unpaired) electrons. The van der Waals surface area contributed by atoms with E-state index in [1.165, 1.54) is 0 Å². The van der Waals surface area contributed by atoms with E-state index in [0.717, 1.165) is 21.8 Å². The summed E-state index contributed by atoms with van der Waals surface area (Å²) in [6.45, 7) is 2.05. The Labute approximate surface area is 179 Å². The first-order chi connectivity index (χ1) is 14.9. The van der Waals surface area contributed by atoms with E-state index in [-0.39, 0.29) is 36.9 Å². The van der Waals surface area contributed by atoms with E-state index in [1.54, 1.807) is 0 Å². The Kier molecular flexibility index (Phi) is 5.88. The van der Waals surface area contributed by atoms with Crippen LogP contribution in [0.2, 0.25) is 0 Å². The lowest BCUT2D eigenvalue weighted by atomic mass is 9.85. The third-order valence-electron chi connectivity index (χ3n) is 5.81. The van der Waals surface area contributed by atoms with Crippen LogP contribution in [0.15, 0.2) is 24.5 Å². The van der Waals surface area contributed by atoms with Crippen LogP contribution in [0.5, 0.6) is 0 Å². The maximum Gasteiger partial charge on any atom is 0.325 e. The maximum absolute atomic E-state index is 12.6. The molecule has 2 aliphatic rings. The second kappa shape index (κ2) is 8.75. The van der Waals surface area contributed by atoms with Gasteiger partial charge in [0.05, 0.1) is 18.8 Å². The number of hydrogen-bond acceptors (Lipinski definition) is 5. The van der Waals surface area contributed by atoms with Gasteiger partial charge < -0.3 is 20.4 Å². The monoisotopic (exact) mass is 426 g/mol. The Morgan fingerprint density at radius 3 is 2.71 bits per heavy atom. The molecule has 31 heavy (non-hydrogen) atoms. The van der Waals surface area contributed by atoms with Gasteiger partial charge in [-0.05, 0) is 50.3 Å². The van der Waals surface area contributed by atoms with Crippen molar-refractivity contribution in [1.82, 2.24) is 30.2 Å². The Morgan fingerprint density at radius 2 is 2.00 bits per heavy atom. The van der Waals surface area contributed by atoms with Crippen LogP contribution in [0.25, 0.3) is 5.65 Å². The third kappa shape index (κ3) is 4.84. The van der Waals surface area contributed by atoms with Crippen molar-refractivity contribution in [2.75, 3.05) is 13.1 Å². The molecule has 1 saturated heterocycles. The highest BCUT2D eigenvalue weighted by molar-refractivity contribution is 6.04. The number of amides is 5. The van der Waals surface area contributed by atoms with E-state index in [4.69, 9.17) is 0 Å². The van der Waals surface area contributed by atoms with Gasteiger partial charge in [-0.2, -0.15) is 0 Å². The summed E-state index contributed by atoms with van der Waals surface area (Å²) in [4.78, 5) is 53.2. The first kappa shape index (κ1) is 20.8. The lowest BCUT2D eigenvalue weighted by molar-refractivity contribution is -0.131. The lowest BCUT2D eigenvalue weighted by Crippen LogP contribution is -2.46. The molecular weight excluding hydrogens is 400 g/mol. The molecule has 2 aromatic rings. The van der Waals surface area contributed by atoms with Crippen molar-refractivity contribution in [3.63, 3.8) is 0 Å². The zero-order chi connectivity index (χ0) is 22.0. The minimum Gasteiger partial charge on any atom is -0.352 e. The Bertz CT molecular complexity index is 1010. The van der Waals surface area contributed by atoms with Gasteiger partial charge in [-0.3, -0.25) is 19.3 Å². The maximum atomic E-state index is 12.6. The van der Waals surface area contributed by atoms with E-state index >= 15 is 0 Å². The molecular formula is C21H26N6O4. The Hall–Kier alpha value is -3.43. The van der Waals surface area contributed by atoms with Crippen molar-refractivity contribution in [3.8, 4) is 0 Å². The van der Waals surface area contributed by atoms with Crippen LogP contribution in [0.4, 0.5) is 4.79 Å². The zero-order valence-corrected chi connectivity index (χ0v) is 17.4. The highest BCUT2D eigenvalue weighted by Crippen LogP contribution is 2.24. The van der Waals surface area contributed by atoms with Gasteiger partial charge in [0.2, 0.25) is 11.8 Å². The van der Waals surface area contributed by atoms with Crippen LogP contribution in [-0.4, -0.2) is 57.2 Å². The average molecular weight is 426 g/mol. The van der Waals surface area contributed by atoms with Crippen molar-refractivity contribution in [1.29, 1.82) is 0 Å². The molecule has 3 heterocycles. The van der Waals surface area contributed by atoms with Crippen molar-refractivity contribution in [2.24, 2.45) is 5.92 Å². The number of imide groups is 1. The molecule has 1 aliphatic carbocycles. The van der Waals surface area contributed by atoms with E-state index in [2.05, 4.69) is 20.9 Å². The SMILES string of the molecule is Cc1ccn2cc(CNC(=O)C3CCC(NC(=O)CN4C(=O)CNC4=O)CC3)nc2c1. The second-order valence-electron chi connectivity index (χ2n) is 8.17. The largest absolute Gasteiger partial charge is 0.352 e. The topological polar surface area (TPSA) is 125 Å². The molecule has 10 nitrogen and oxygen atoms in total. The fraction of sp³-hybridized carbons (Fsp3) is 0.476. The molecule has 1 aliphatic heterocycles. The molecule has 0 spiro atoms. The summed E-state index contributed by atoms with van der Waals surface area (Å²) in [6.07, 6.45) is 6.56. The van der Waals surface area contributed by atoms with Crippen LogP contribution in [-0.2, 0) is 20.9 Å². The van der Waals surface area contributed by atoms with E-state index in [0.29, 0.717) is 32.2 Å². The summed E-state index contributed by atoms with van der Waals surface area (Å²) in [5.41, 5.74) is 2.79. The number of carbonyl (C=O) groups excluding carboxylic acids is 4. The van der Waals surface area contributed by atoms with Crippen LogP contribution in [0, 0.1) is 12.8 Å². The standard InChI is InChI=1S/C21H26N6O4/c1-13-6-7-26-11-16(24-17(26)8-13)9-22-20(30)14-2-4-15(5-3-14)25-18(28)12-27-19(29)10-23-21(27)31/h6-8,11,14-15H,2-5,9-10,12H2,1H3,(H,22,30)(H,23,31)(H,25,28). The molecule has 3 N–H and O–H groups in total. The molecule has 5 amide bonds. The molecule has 1 saturated carbocycles. The van der Waals surface area contributed by atoms with Gasteiger partial charge in [0.25, 0.3) is 5.91 Å². The van der Waals surface area contributed by atoms with Gasteiger partial charge >= 0.3 is 6.03 Å². The summed E-state index contributed by atoms with van der Waals surface area (Å²) in [7, 11) is 0. The van der Waals surface area contributed by atoms with Crippen molar-refractivity contribution >= 4 is 29.4 Å². The number of carbonyl (C=O) groups is 4. The molecule has 0 atom stereocenters. The number of nitrogens with one attached hydrogen (secondary N) is 3.